The summed E-state index contributed by atoms with van der Waals surface area (Å²) in [5, 5.41) is 2.83. The maximum absolute atomic E-state index is 11.6. The third kappa shape index (κ3) is 2.67. The van der Waals surface area contributed by atoms with Gasteiger partial charge in [0.05, 0.1) is 14.2 Å². The average molecular weight is 250 g/mol. The van der Waals surface area contributed by atoms with E-state index >= 15 is 0 Å². The number of benzene rings is 1. The molecule has 0 unspecified atom stereocenters. The molecule has 0 aromatic heterocycles. The highest BCUT2D eigenvalue weighted by Gasteiger charge is 2.17. The van der Waals surface area contributed by atoms with Gasteiger partial charge < -0.3 is 19.7 Å². The highest BCUT2D eigenvalue weighted by Crippen LogP contribution is 2.28. The van der Waals surface area contributed by atoms with E-state index in [0.717, 1.165) is 25.1 Å². The monoisotopic (exact) mass is 250 g/mol. The summed E-state index contributed by atoms with van der Waals surface area (Å²) >= 11 is 0. The molecule has 0 saturated carbocycles. The summed E-state index contributed by atoms with van der Waals surface area (Å²) in [5.74, 6) is 1.39. The van der Waals surface area contributed by atoms with Crippen molar-refractivity contribution in [3.8, 4) is 11.5 Å². The van der Waals surface area contributed by atoms with Crippen LogP contribution < -0.4 is 14.8 Å². The van der Waals surface area contributed by atoms with Crippen LogP contribution in [0.5, 0.6) is 11.5 Å². The molecule has 0 aliphatic carbocycles. The van der Waals surface area contributed by atoms with Gasteiger partial charge in [-0.15, -0.1) is 0 Å². The zero-order valence-electron chi connectivity index (χ0n) is 10.7. The van der Waals surface area contributed by atoms with Crippen LogP contribution in [-0.2, 0) is 6.54 Å². The van der Waals surface area contributed by atoms with Crippen LogP contribution in [0, 0.1) is 0 Å². The Morgan fingerprint density at radius 3 is 2.72 bits per heavy atom. The summed E-state index contributed by atoms with van der Waals surface area (Å²) in [6.45, 7) is 2.15. The van der Waals surface area contributed by atoms with Crippen LogP contribution in [0.25, 0.3) is 0 Å². The summed E-state index contributed by atoms with van der Waals surface area (Å²) in [6, 6.07) is 5.70. The molecule has 0 atom stereocenters. The Labute approximate surface area is 107 Å². The third-order valence-electron chi connectivity index (χ3n) is 2.99. The van der Waals surface area contributed by atoms with Gasteiger partial charge in [0.15, 0.2) is 11.5 Å². The number of carbonyl (C=O) groups is 1. The molecule has 1 N–H and O–H groups in total. The van der Waals surface area contributed by atoms with Crippen molar-refractivity contribution in [3.63, 3.8) is 0 Å². The van der Waals surface area contributed by atoms with Crippen LogP contribution in [0.15, 0.2) is 18.2 Å². The van der Waals surface area contributed by atoms with Gasteiger partial charge >= 0.3 is 6.03 Å². The Kier molecular flexibility index (Phi) is 3.92. The molecule has 2 amide bonds. The van der Waals surface area contributed by atoms with E-state index in [-0.39, 0.29) is 6.03 Å². The minimum absolute atomic E-state index is 0.00367. The third-order valence-corrected chi connectivity index (χ3v) is 2.99. The number of nitrogens with zero attached hydrogens (tertiary/aromatic N) is 1. The number of urea groups is 1. The lowest BCUT2D eigenvalue weighted by Gasteiger charge is -2.27. The van der Waals surface area contributed by atoms with Crippen molar-refractivity contribution in [1.29, 1.82) is 0 Å². The fourth-order valence-electron chi connectivity index (χ4n) is 2.03. The predicted octanol–water partition coefficient (Wildman–Crippen LogP) is 1.62. The average Bonchev–Trinajstić information content (AvgIpc) is 2.41. The number of hydrogen-bond acceptors (Lipinski definition) is 3. The fraction of sp³-hybridized carbons (Fsp3) is 0.462. The number of ether oxygens (including phenoxy) is 2. The molecule has 18 heavy (non-hydrogen) atoms. The van der Waals surface area contributed by atoms with Crippen molar-refractivity contribution in [2.75, 3.05) is 27.3 Å². The van der Waals surface area contributed by atoms with E-state index in [9.17, 15) is 4.79 Å². The van der Waals surface area contributed by atoms with E-state index in [1.807, 2.05) is 18.2 Å². The minimum atomic E-state index is -0.00367. The molecule has 98 valence electrons. The van der Waals surface area contributed by atoms with Gasteiger partial charge in [-0.2, -0.15) is 0 Å². The standard InChI is InChI=1S/C13H18N2O3/c1-17-11-5-4-10(8-12(11)18-2)9-15-7-3-6-14-13(15)16/h4-5,8H,3,6-7,9H2,1-2H3,(H,14,16). The Morgan fingerprint density at radius 1 is 1.28 bits per heavy atom. The largest absolute Gasteiger partial charge is 0.493 e. The Hall–Kier alpha value is -1.91. The van der Waals surface area contributed by atoms with Crippen molar-refractivity contribution in [3.05, 3.63) is 23.8 Å². The molecule has 0 bridgehead atoms. The molecule has 1 aromatic rings. The number of nitrogens with one attached hydrogen (secondary N) is 1. The van der Waals surface area contributed by atoms with Crippen LogP contribution >= 0.6 is 0 Å². The Balaban J connectivity index is 2.11. The quantitative estimate of drug-likeness (QED) is 0.883. The minimum Gasteiger partial charge on any atom is -0.493 e. The van der Waals surface area contributed by atoms with Crippen molar-refractivity contribution in [1.82, 2.24) is 10.2 Å². The van der Waals surface area contributed by atoms with Crippen molar-refractivity contribution in [2.24, 2.45) is 0 Å². The molecule has 1 aromatic carbocycles. The Bertz CT molecular complexity index is 434. The molecule has 0 radical (unpaired) electrons. The number of rotatable bonds is 4. The van der Waals surface area contributed by atoms with Gasteiger partial charge in [-0.25, -0.2) is 4.79 Å². The smallest absolute Gasteiger partial charge is 0.317 e. The van der Waals surface area contributed by atoms with E-state index in [4.69, 9.17) is 9.47 Å². The number of carbonyl (C=O) groups excluding carboxylic acids is 1. The second-order valence-corrected chi connectivity index (χ2v) is 4.20. The molecule has 1 fully saturated rings. The van der Waals surface area contributed by atoms with Crippen LogP contribution in [0.4, 0.5) is 4.79 Å². The molecular weight excluding hydrogens is 232 g/mol. The molecule has 5 nitrogen and oxygen atoms in total. The molecule has 0 spiro atoms. The maximum atomic E-state index is 11.6. The van der Waals surface area contributed by atoms with Crippen LogP contribution in [0.3, 0.4) is 0 Å². The van der Waals surface area contributed by atoms with E-state index in [2.05, 4.69) is 5.32 Å². The number of hydrogen-bond donors (Lipinski definition) is 1. The van der Waals surface area contributed by atoms with Crippen LogP contribution in [0.1, 0.15) is 12.0 Å². The molecule has 1 heterocycles. The number of amides is 2. The first-order chi connectivity index (χ1) is 8.74. The van der Waals surface area contributed by atoms with Gasteiger partial charge in [-0.3, -0.25) is 0 Å². The summed E-state index contributed by atoms with van der Waals surface area (Å²) in [6.07, 6.45) is 0.985. The Morgan fingerprint density at radius 2 is 2.06 bits per heavy atom. The molecule has 1 aliphatic rings. The molecule has 5 heteroatoms. The lowest BCUT2D eigenvalue weighted by molar-refractivity contribution is 0.183. The summed E-state index contributed by atoms with van der Waals surface area (Å²) in [5.41, 5.74) is 1.03. The lowest BCUT2D eigenvalue weighted by atomic mass is 10.1. The van der Waals surface area contributed by atoms with Gasteiger partial charge in [-0.1, -0.05) is 6.07 Å². The molecule has 1 saturated heterocycles. The fourth-order valence-corrected chi connectivity index (χ4v) is 2.03. The van der Waals surface area contributed by atoms with Gasteiger partial charge in [0.1, 0.15) is 0 Å². The van der Waals surface area contributed by atoms with Crippen molar-refractivity contribution < 1.29 is 14.3 Å². The van der Waals surface area contributed by atoms with Gasteiger partial charge in [0, 0.05) is 19.6 Å². The molecular formula is C13H18N2O3. The van der Waals surface area contributed by atoms with E-state index in [1.54, 1.807) is 19.1 Å². The first-order valence-corrected chi connectivity index (χ1v) is 5.98. The summed E-state index contributed by atoms with van der Waals surface area (Å²) in [7, 11) is 3.21. The lowest BCUT2D eigenvalue weighted by Crippen LogP contribution is -2.45. The summed E-state index contributed by atoms with van der Waals surface area (Å²) < 4.78 is 10.4. The first-order valence-electron chi connectivity index (χ1n) is 5.98. The van der Waals surface area contributed by atoms with E-state index < -0.39 is 0 Å². The second-order valence-electron chi connectivity index (χ2n) is 4.20. The second kappa shape index (κ2) is 5.62. The molecule has 1 aliphatic heterocycles. The highest BCUT2D eigenvalue weighted by atomic mass is 16.5. The SMILES string of the molecule is COc1ccc(CN2CCCNC2=O)cc1OC. The van der Waals surface area contributed by atoms with Gasteiger partial charge in [-0.05, 0) is 24.1 Å². The maximum Gasteiger partial charge on any atom is 0.317 e. The summed E-state index contributed by atoms with van der Waals surface area (Å²) in [4.78, 5) is 13.4. The van der Waals surface area contributed by atoms with E-state index in [0.29, 0.717) is 18.0 Å². The normalized spacial score (nSPS) is 15.2. The van der Waals surface area contributed by atoms with Crippen molar-refractivity contribution >= 4 is 6.03 Å². The zero-order chi connectivity index (χ0) is 13.0. The first kappa shape index (κ1) is 12.5. The zero-order valence-corrected chi connectivity index (χ0v) is 10.7. The van der Waals surface area contributed by atoms with Crippen LogP contribution in [0.2, 0.25) is 0 Å². The van der Waals surface area contributed by atoms with Crippen molar-refractivity contribution in [2.45, 2.75) is 13.0 Å². The van der Waals surface area contributed by atoms with Gasteiger partial charge in [0.2, 0.25) is 0 Å². The predicted molar refractivity (Wildman–Crippen MR) is 68.0 cm³/mol. The highest BCUT2D eigenvalue weighted by molar-refractivity contribution is 5.74. The molecule has 2 rings (SSSR count). The van der Waals surface area contributed by atoms with E-state index in [1.165, 1.54) is 0 Å². The van der Waals surface area contributed by atoms with Crippen LogP contribution in [-0.4, -0.2) is 38.2 Å². The number of methoxy groups -OCH3 is 2. The van der Waals surface area contributed by atoms with Gasteiger partial charge in [0.25, 0.3) is 0 Å². The topological polar surface area (TPSA) is 50.8 Å².